The molecule has 1 aliphatic heterocycles. The first-order chi connectivity index (χ1) is 40.0. The average Bonchev–Trinajstić information content (AvgIpc) is 4.14. The Bertz CT molecular complexity index is 4320. The Kier molecular flexibility index (Phi) is 13.0. The monoisotopic (exact) mass is 1040 g/mol. The summed E-state index contributed by atoms with van der Waals surface area (Å²) in [6.45, 7) is 0. The Balaban J connectivity index is 0.857. The minimum atomic E-state index is -0.310. The van der Waals surface area contributed by atoms with Gasteiger partial charge in [-0.1, -0.05) is 146 Å². The molecule has 1 aromatic heterocycles. The fourth-order valence-corrected chi connectivity index (χ4v) is 10.9. The van der Waals surface area contributed by atoms with Gasteiger partial charge in [-0.2, -0.15) is 15.8 Å². The normalized spacial score (nSPS) is 12.8. The summed E-state index contributed by atoms with van der Waals surface area (Å²) in [6, 6.07) is 100. The number of anilines is 6. The second-order valence-corrected chi connectivity index (χ2v) is 19.8. The van der Waals surface area contributed by atoms with Crippen molar-refractivity contribution in [1.29, 1.82) is 15.8 Å². The van der Waals surface area contributed by atoms with Gasteiger partial charge >= 0.3 is 0 Å². The van der Waals surface area contributed by atoms with Gasteiger partial charge in [0.05, 0.1) is 51.6 Å². The van der Waals surface area contributed by atoms with Gasteiger partial charge < -0.3 is 19.7 Å². The van der Waals surface area contributed by atoms with E-state index in [0.29, 0.717) is 16.7 Å². The van der Waals surface area contributed by atoms with Gasteiger partial charge in [-0.3, -0.25) is 4.99 Å². The molecule has 12 aromatic rings. The molecule has 1 unspecified atom stereocenters. The molecule has 1 aliphatic rings. The number of hydrogen-bond acceptors (Lipinski definition) is 7. The molecule has 380 valence electrons. The molecule has 11 aromatic carbocycles. The van der Waals surface area contributed by atoms with Crippen LogP contribution in [0.3, 0.4) is 0 Å². The number of fused-ring (bicyclic) bond motifs is 3. The van der Waals surface area contributed by atoms with Gasteiger partial charge in [-0.05, 0) is 167 Å². The third-order valence-corrected chi connectivity index (χ3v) is 14.9. The number of hydrogen-bond donors (Lipinski definition) is 1. The summed E-state index contributed by atoms with van der Waals surface area (Å²) in [5.74, 6) is 0. The molecule has 1 N–H and O–H groups in total. The van der Waals surface area contributed by atoms with Gasteiger partial charge in [0.2, 0.25) is 0 Å². The highest BCUT2D eigenvalue weighted by Crippen LogP contribution is 2.43. The van der Waals surface area contributed by atoms with E-state index < -0.39 is 0 Å². The van der Waals surface area contributed by atoms with Gasteiger partial charge in [-0.25, -0.2) is 0 Å². The predicted molar refractivity (Wildman–Crippen MR) is 328 cm³/mol. The van der Waals surface area contributed by atoms with Crippen molar-refractivity contribution < 1.29 is 0 Å². The average molecular weight is 1040 g/mol. The lowest BCUT2D eigenvalue weighted by Crippen LogP contribution is -2.25. The molecule has 0 bridgehead atoms. The van der Waals surface area contributed by atoms with Gasteiger partial charge in [0, 0.05) is 61.8 Å². The number of benzene rings is 11. The van der Waals surface area contributed by atoms with E-state index in [-0.39, 0.29) is 6.17 Å². The van der Waals surface area contributed by atoms with E-state index in [0.717, 1.165) is 112 Å². The molecular formula is C73H48N8. The zero-order valence-electron chi connectivity index (χ0n) is 43.8. The van der Waals surface area contributed by atoms with Crippen molar-refractivity contribution >= 4 is 67.3 Å². The first-order valence-electron chi connectivity index (χ1n) is 26.7. The van der Waals surface area contributed by atoms with E-state index in [1.807, 2.05) is 140 Å². The van der Waals surface area contributed by atoms with Crippen LogP contribution in [0.15, 0.2) is 284 Å². The first kappa shape index (κ1) is 49.1. The van der Waals surface area contributed by atoms with Crippen LogP contribution in [0.2, 0.25) is 0 Å². The number of rotatable bonds is 12. The maximum Gasteiger partial charge on any atom is 0.145 e. The minimum Gasteiger partial charge on any atom is -0.359 e. The lowest BCUT2D eigenvalue weighted by atomic mass is 9.94. The van der Waals surface area contributed by atoms with E-state index in [9.17, 15) is 15.8 Å². The van der Waals surface area contributed by atoms with Crippen LogP contribution in [0.1, 0.15) is 39.5 Å². The third kappa shape index (κ3) is 9.61. The van der Waals surface area contributed by atoms with Gasteiger partial charge in [0.25, 0.3) is 0 Å². The lowest BCUT2D eigenvalue weighted by molar-refractivity contribution is 0.664. The van der Waals surface area contributed by atoms with Crippen LogP contribution in [0, 0.1) is 34.0 Å². The molecule has 0 saturated heterocycles. The molecule has 0 radical (unpaired) electrons. The topological polar surface area (TPSA) is 107 Å². The smallest absolute Gasteiger partial charge is 0.145 e. The number of allylic oxidation sites excluding steroid dienone is 1. The highest BCUT2D eigenvalue weighted by Gasteiger charge is 2.23. The molecule has 13 rings (SSSR count). The summed E-state index contributed by atoms with van der Waals surface area (Å²) in [7, 11) is 0. The quantitative estimate of drug-likeness (QED) is 0.131. The summed E-state index contributed by atoms with van der Waals surface area (Å²) in [5, 5.41) is 35.7. The molecule has 81 heavy (non-hydrogen) atoms. The van der Waals surface area contributed by atoms with Crippen LogP contribution in [0.4, 0.5) is 34.1 Å². The van der Waals surface area contributed by atoms with E-state index in [2.05, 4.69) is 177 Å². The zero-order valence-corrected chi connectivity index (χ0v) is 43.8. The van der Waals surface area contributed by atoms with E-state index >= 15 is 0 Å². The molecule has 8 heteroatoms. The van der Waals surface area contributed by atoms with Crippen molar-refractivity contribution in [3.63, 3.8) is 0 Å². The van der Waals surface area contributed by atoms with Crippen molar-refractivity contribution in [3.8, 4) is 46.1 Å². The number of nitrogens with one attached hydrogen (secondary N) is 1. The number of para-hydroxylation sites is 2. The number of nitrogens with zero attached hydrogens (tertiary/aromatic N) is 7. The van der Waals surface area contributed by atoms with Crippen LogP contribution < -0.4 is 15.1 Å². The molecule has 0 spiro atoms. The Morgan fingerprint density at radius 1 is 0.383 bits per heavy atom. The Labute approximate surface area is 470 Å². The Morgan fingerprint density at radius 3 is 1.31 bits per heavy atom. The lowest BCUT2D eigenvalue weighted by Gasteiger charge is -2.26. The molecule has 0 amide bonds. The summed E-state index contributed by atoms with van der Waals surface area (Å²) < 4.78 is 2.33. The van der Waals surface area contributed by atoms with Crippen LogP contribution in [-0.4, -0.2) is 10.3 Å². The minimum absolute atomic E-state index is 0.310. The van der Waals surface area contributed by atoms with E-state index in [1.54, 1.807) is 0 Å². The molecule has 0 fully saturated rings. The van der Waals surface area contributed by atoms with Crippen molar-refractivity contribution in [2.45, 2.75) is 6.17 Å². The highest BCUT2D eigenvalue weighted by atomic mass is 15.2. The number of aliphatic imine (C=N–C) groups is 1. The van der Waals surface area contributed by atoms with Crippen LogP contribution >= 0.6 is 0 Å². The maximum atomic E-state index is 10.6. The van der Waals surface area contributed by atoms with Crippen molar-refractivity contribution in [1.82, 2.24) is 9.88 Å². The summed E-state index contributed by atoms with van der Waals surface area (Å²) >= 11 is 0. The highest BCUT2D eigenvalue weighted by molar-refractivity contribution is 6.14. The predicted octanol–water partition coefficient (Wildman–Crippen LogP) is 17.8. The fraction of sp³-hybridized carbons (Fsp3) is 0.0137. The van der Waals surface area contributed by atoms with Gasteiger partial charge in [0.1, 0.15) is 6.17 Å². The third-order valence-electron chi connectivity index (χ3n) is 14.9. The van der Waals surface area contributed by atoms with Crippen LogP contribution in [0.25, 0.3) is 55.4 Å². The second-order valence-electron chi connectivity index (χ2n) is 19.8. The summed E-state index contributed by atoms with van der Waals surface area (Å²) in [4.78, 5) is 9.53. The summed E-state index contributed by atoms with van der Waals surface area (Å²) in [5.41, 5.74) is 19.3. The Morgan fingerprint density at radius 2 is 0.815 bits per heavy atom. The number of aromatic nitrogens is 1. The van der Waals surface area contributed by atoms with Crippen LogP contribution in [-0.2, 0) is 0 Å². The second kappa shape index (κ2) is 21.5. The molecule has 0 saturated carbocycles. The largest absolute Gasteiger partial charge is 0.359 e. The van der Waals surface area contributed by atoms with Gasteiger partial charge in [-0.15, -0.1) is 0 Å². The van der Waals surface area contributed by atoms with Crippen LogP contribution in [0.5, 0.6) is 0 Å². The fourth-order valence-electron chi connectivity index (χ4n) is 10.9. The van der Waals surface area contributed by atoms with E-state index in [1.165, 1.54) is 0 Å². The zero-order chi connectivity index (χ0) is 54.7. The molecular weight excluding hydrogens is 989 g/mol. The molecule has 1 atom stereocenters. The SMILES string of the molecule is N#Cc1ccc(N(c2ccccc2)c2ccc3c(c2)c2cc(N(c4ccccc4)c4ccc(C#N)cc4)ccc2n3-c2ccc(-c3ccc(-c4ccc(C5=CC(c6ccccc6)=NC(c6ccccc6)N5)c(C#N)c4)cc3)cc2)cc1. The standard InChI is InChI=1S/C73H48N8/c74-47-50-21-32-61(33-22-50)79(59-17-9-3-10-18-59)64-38-41-71-67(44-64)68-45-65(80(60-19-11-4-12-20-60)62-34-23-51(48-75)24-35-62)39-42-72(68)81(71)63-36-29-53(30-37-63)52-25-27-54(28-26-52)57-31-40-66(58(43-57)49-76)70-46-69(55-13-5-1-6-14-55)77-73(78-70)56-15-7-2-8-16-56/h1-46,73,78H. The first-order valence-corrected chi connectivity index (χ1v) is 26.7. The maximum absolute atomic E-state index is 10.6. The Hall–Kier alpha value is -11.5. The number of nitriles is 3. The van der Waals surface area contributed by atoms with Gasteiger partial charge in [0.15, 0.2) is 0 Å². The van der Waals surface area contributed by atoms with Crippen molar-refractivity contribution in [2.24, 2.45) is 4.99 Å². The van der Waals surface area contributed by atoms with E-state index in [4.69, 9.17) is 4.99 Å². The molecule has 8 nitrogen and oxygen atoms in total. The van der Waals surface area contributed by atoms with Crippen molar-refractivity contribution in [2.75, 3.05) is 9.80 Å². The van der Waals surface area contributed by atoms with Crippen molar-refractivity contribution in [3.05, 3.63) is 312 Å². The molecule has 2 heterocycles. The summed E-state index contributed by atoms with van der Waals surface area (Å²) in [6.07, 6.45) is 1.73. The molecule has 0 aliphatic carbocycles.